The molecule has 1 heterocycles. The Morgan fingerprint density at radius 2 is 1.90 bits per heavy atom. The number of likely N-dealkylation sites (N-methyl/N-ethyl adjacent to an activating group) is 1. The van der Waals surface area contributed by atoms with Crippen LogP contribution in [0.4, 0.5) is 5.69 Å². The number of nitrogens with one attached hydrogen (secondary N) is 1. The second-order valence-corrected chi connectivity index (χ2v) is 5.05. The fourth-order valence-electron chi connectivity index (χ4n) is 2.59. The van der Waals surface area contributed by atoms with Gasteiger partial charge in [-0.1, -0.05) is 30.3 Å². The Morgan fingerprint density at radius 1 is 1.10 bits per heavy atom. The molecule has 3 heteroatoms. The maximum Gasteiger partial charge on any atom is 0.231 e. The molecule has 0 aliphatic carbocycles. The first-order chi connectivity index (χ1) is 10.3. The summed E-state index contributed by atoms with van der Waals surface area (Å²) in [4.78, 5) is 17.5. The van der Waals surface area contributed by atoms with E-state index in [0.717, 1.165) is 16.8 Å². The minimum Gasteiger partial charge on any atom is -0.361 e. The molecule has 106 valence electrons. The third kappa shape index (κ3) is 2.82. The van der Waals surface area contributed by atoms with Gasteiger partial charge in [0.15, 0.2) is 0 Å². The maximum atomic E-state index is 12.5. The third-order valence-electron chi connectivity index (χ3n) is 3.66. The molecule has 0 spiro atoms. The Labute approximate surface area is 124 Å². The first-order valence-electron chi connectivity index (χ1n) is 7.19. The second kappa shape index (κ2) is 5.83. The Kier molecular flexibility index (Phi) is 3.73. The second-order valence-electron chi connectivity index (χ2n) is 5.05. The van der Waals surface area contributed by atoms with Crippen LogP contribution in [0, 0.1) is 0 Å². The van der Waals surface area contributed by atoms with Crippen molar-refractivity contribution in [3.8, 4) is 0 Å². The van der Waals surface area contributed by atoms with Crippen molar-refractivity contribution < 1.29 is 4.79 Å². The monoisotopic (exact) mass is 278 g/mol. The number of para-hydroxylation sites is 1. The van der Waals surface area contributed by atoms with Crippen LogP contribution in [-0.4, -0.2) is 17.4 Å². The average Bonchev–Trinajstić information content (AvgIpc) is 2.96. The highest BCUT2D eigenvalue weighted by molar-refractivity contribution is 5.95. The molecule has 0 unspecified atom stereocenters. The van der Waals surface area contributed by atoms with E-state index in [0.29, 0.717) is 13.0 Å². The highest BCUT2D eigenvalue weighted by atomic mass is 16.2. The number of H-pyrrole nitrogens is 1. The first kappa shape index (κ1) is 13.4. The molecule has 0 bridgehead atoms. The molecule has 1 amide bonds. The first-order valence-corrected chi connectivity index (χ1v) is 7.19. The average molecular weight is 278 g/mol. The normalized spacial score (nSPS) is 10.7. The molecule has 0 aliphatic rings. The van der Waals surface area contributed by atoms with Gasteiger partial charge in [0, 0.05) is 23.9 Å². The van der Waals surface area contributed by atoms with Crippen LogP contribution in [0.15, 0.2) is 60.8 Å². The van der Waals surface area contributed by atoms with E-state index in [4.69, 9.17) is 0 Å². The molecule has 21 heavy (non-hydrogen) atoms. The number of aromatic nitrogens is 1. The predicted molar refractivity (Wildman–Crippen MR) is 86.5 cm³/mol. The molecule has 3 nitrogen and oxygen atoms in total. The van der Waals surface area contributed by atoms with Gasteiger partial charge in [-0.05, 0) is 42.1 Å². The van der Waals surface area contributed by atoms with Gasteiger partial charge in [-0.2, -0.15) is 0 Å². The van der Waals surface area contributed by atoms with Crippen molar-refractivity contribution in [2.24, 2.45) is 0 Å². The summed E-state index contributed by atoms with van der Waals surface area (Å²) in [6, 6.07) is 18.0. The summed E-state index contributed by atoms with van der Waals surface area (Å²) in [5, 5.41) is 1.17. The van der Waals surface area contributed by atoms with Crippen LogP contribution >= 0.6 is 0 Å². The number of hydrogen-bond acceptors (Lipinski definition) is 1. The van der Waals surface area contributed by atoms with Crippen LogP contribution < -0.4 is 4.90 Å². The zero-order valence-corrected chi connectivity index (χ0v) is 12.0. The van der Waals surface area contributed by atoms with E-state index >= 15 is 0 Å². The minimum absolute atomic E-state index is 0.120. The predicted octanol–water partition coefficient (Wildman–Crippen LogP) is 3.76. The van der Waals surface area contributed by atoms with Gasteiger partial charge in [0.2, 0.25) is 5.91 Å². The summed E-state index contributed by atoms with van der Waals surface area (Å²) in [5.41, 5.74) is 3.05. The number of anilines is 1. The Balaban J connectivity index is 1.81. The lowest BCUT2D eigenvalue weighted by Gasteiger charge is -2.21. The Bertz CT molecular complexity index is 746. The molecule has 0 aliphatic heterocycles. The largest absolute Gasteiger partial charge is 0.361 e. The Hall–Kier alpha value is -2.55. The van der Waals surface area contributed by atoms with Crippen molar-refractivity contribution in [3.63, 3.8) is 0 Å². The van der Waals surface area contributed by atoms with Gasteiger partial charge in [-0.25, -0.2) is 0 Å². The van der Waals surface area contributed by atoms with Crippen molar-refractivity contribution in [1.29, 1.82) is 0 Å². The molecule has 1 aromatic heterocycles. The molecule has 0 fully saturated rings. The number of rotatable bonds is 4. The van der Waals surface area contributed by atoms with Gasteiger partial charge in [0.25, 0.3) is 0 Å². The topological polar surface area (TPSA) is 36.1 Å². The summed E-state index contributed by atoms with van der Waals surface area (Å²) < 4.78 is 0. The van der Waals surface area contributed by atoms with E-state index in [9.17, 15) is 4.79 Å². The van der Waals surface area contributed by atoms with Gasteiger partial charge in [-0.15, -0.1) is 0 Å². The number of nitrogens with zero attached hydrogens (tertiary/aromatic N) is 1. The van der Waals surface area contributed by atoms with E-state index < -0.39 is 0 Å². The standard InChI is InChI=1S/C18H18N2O/c1-2-20(16-6-4-3-5-7-16)18(21)13-14-8-9-15-10-11-19-17(15)12-14/h3-12,19H,2,13H2,1H3. The molecule has 3 aromatic rings. The number of benzene rings is 2. The van der Waals surface area contributed by atoms with Gasteiger partial charge in [-0.3, -0.25) is 4.79 Å². The maximum absolute atomic E-state index is 12.5. The zero-order chi connectivity index (χ0) is 14.7. The zero-order valence-electron chi connectivity index (χ0n) is 12.0. The quantitative estimate of drug-likeness (QED) is 0.775. The smallest absolute Gasteiger partial charge is 0.231 e. The summed E-state index contributed by atoms with van der Waals surface area (Å²) in [7, 11) is 0. The van der Waals surface area contributed by atoms with Crippen molar-refractivity contribution in [1.82, 2.24) is 4.98 Å². The van der Waals surface area contributed by atoms with Crippen LogP contribution in [0.3, 0.4) is 0 Å². The molecule has 0 saturated heterocycles. The molecule has 0 radical (unpaired) electrons. The number of carbonyl (C=O) groups is 1. The number of aromatic amines is 1. The van der Waals surface area contributed by atoms with E-state index in [1.807, 2.05) is 72.6 Å². The fourth-order valence-corrected chi connectivity index (χ4v) is 2.59. The summed E-state index contributed by atoms with van der Waals surface area (Å²) in [6.07, 6.45) is 2.33. The SMILES string of the molecule is CCN(C(=O)Cc1ccc2cc[nH]c2c1)c1ccccc1. The van der Waals surface area contributed by atoms with Crippen molar-refractivity contribution in [2.75, 3.05) is 11.4 Å². The van der Waals surface area contributed by atoms with Gasteiger partial charge in [0.1, 0.15) is 0 Å². The van der Waals surface area contributed by atoms with E-state index in [1.54, 1.807) is 0 Å². The van der Waals surface area contributed by atoms with E-state index in [-0.39, 0.29) is 5.91 Å². The number of fused-ring (bicyclic) bond motifs is 1. The molecule has 0 atom stereocenters. The number of amides is 1. The molecule has 3 rings (SSSR count). The van der Waals surface area contributed by atoms with Crippen LogP contribution in [0.1, 0.15) is 12.5 Å². The highest BCUT2D eigenvalue weighted by Crippen LogP contribution is 2.18. The van der Waals surface area contributed by atoms with Crippen molar-refractivity contribution in [2.45, 2.75) is 13.3 Å². The fraction of sp³-hybridized carbons (Fsp3) is 0.167. The third-order valence-corrected chi connectivity index (χ3v) is 3.66. The molecular formula is C18H18N2O. The van der Waals surface area contributed by atoms with E-state index in [2.05, 4.69) is 4.98 Å². The highest BCUT2D eigenvalue weighted by Gasteiger charge is 2.14. The lowest BCUT2D eigenvalue weighted by Crippen LogP contribution is -2.31. The van der Waals surface area contributed by atoms with Crippen molar-refractivity contribution >= 4 is 22.5 Å². The Morgan fingerprint density at radius 3 is 2.67 bits per heavy atom. The van der Waals surface area contributed by atoms with Crippen molar-refractivity contribution in [3.05, 3.63) is 66.4 Å². The summed E-state index contributed by atoms with van der Waals surface area (Å²) >= 11 is 0. The molecule has 2 aromatic carbocycles. The van der Waals surface area contributed by atoms with E-state index in [1.165, 1.54) is 5.39 Å². The summed E-state index contributed by atoms with van der Waals surface area (Å²) in [6.45, 7) is 2.67. The van der Waals surface area contributed by atoms with Crippen LogP contribution in [0.5, 0.6) is 0 Å². The molecule has 0 saturated carbocycles. The van der Waals surface area contributed by atoms with Crippen LogP contribution in [0.25, 0.3) is 10.9 Å². The lowest BCUT2D eigenvalue weighted by molar-refractivity contribution is -0.117. The van der Waals surface area contributed by atoms with Crippen LogP contribution in [0.2, 0.25) is 0 Å². The number of carbonyl (C=O) groups excluding carboxylic acids is 1. The van der Waals surface area contributed by atoms with Gasteiger partial charge in [0.05, 0.1) is 6.42 Å². The number of hydrogen-bond donors (Lipinski definition) is 1. The van der Waals surface area contributed by atoms with Gasteiger partial charge >= 0.3 is 0 Å². The lowest BCUT2D eigenvalue weighted by atomic mass is 10.1. The summed E-state index contributed by atoms with van der Waals surface area (Å²) in [5.74, 6) is 0.120. The van der Waals surface area contributed by atoms with Crippen LogP contribution in [-0.2, 0) is 11.2 Å². The molecular weight excluding hydrogens is 260 g/mol. The molecule has 1 N–H and O–H groups in total. The van der Waals surface area contributed by atoms with Gasteiger partial charge < -0.3 is 9.88 Å². The minimum atomic E-state index is 0.120.